The zero-order valence-corrected chi connectivity index (χ0v) is 8.83. The van der Waals surface area contributed by atoms with Crippen LogP contribution in [-0.4, -0.2) is 16.0 Å². The van der Waals surface area contributed by atoms with Gasteiger partial charge in [-0.2, -0.15) is 0 Å². The second kappa shape index (κ2) is 3.65. The number of nitrogens with two attached hydrogens (primary N) is 1. The molecule has 0 saturated heterocycles. The van der Waals surface area contributed by atoms with E-state index < -0.39 is 0 Å². The van der Waals surface area contributed by atoms with E-state index in [-0.39, 0.29) is 6.04 Å². The zero-order chi connectivity index (χ0) is 10.1. The Morgan fingerprint density at radius 1 is 1.50 bits per heavy atom. The van der Waals surface area contributed by atoms with Gasteiger partial charge in [0.05, 0.1) is 0 Å². The lowest BCUT2D eigenvalue weighted by Crippen LogP contribution is -2.19. The Hall–Kier alpha value is -0.960. The van der Waals surface area contributed by atoms with Crippen LogP contribution in [0, 0.1) is 6.92 Å². The number of hydrogen-bond donors (Lipinski definition) is 1. The summed E-state index contributed by atoms with van der Waals surface area (Å²) in [6.07, 6.45) is 3.35. The van der Waals surface area contributed by atoms with Crippen molar-refractivity contribution in [2.24, 2.45) is 5.73 Å². The fraction of sp³-hybridized carbons (Fsp3) is 0.636. The summed E-state index contributed by atoms with van der Waals surface area (Å²) in [6.45, 7) is 4.03. The van der Waals surface area contributed by atoms with E-state index in [1.165, 1.54) is 12.8 Å². The highest BCUT2D eigenvalue weighted by Crippen LogP contribution is 2.38. The van der Waals surface area contributed by atoms with Crippen LogP contribution in [0.25, 0.3) is 0 Å². The Bertz CT molecular complexity index is 329. The highest BCUT2D eigenvalue weighted by molar-refractivity contribution is 5.15. The molecule has 3 nitrogen and oxygen atoms in total. The second-order valence-electron chi connectivity index (χ2n) is 4.31. The molecule has 0 bridgehead atoms. The van der Waals surface area contributed by atoms with E-state index in [1.54, 1.807) is 0 Å². The van der Waals surface area contributed by atoms with Crippen molar-refractivity contribution in [3.8, 4) is 0 Å². The standard InChI is InChI=1S/C11H17N3/c1-7(12)5-10-6-8(2)13-11(14-10)9-3-4-9/h6-7,9H,3-5,12H2,1-2H3. The van der Waals surface area contributed by atoms with Gasteiger partial charge in [0.15, 0.2) is 0 Å². The summed E-state index contributed by atoms with van der Waals surface area (Å²) in [5.74, 6) is 1.65. The van der Waals surface area contributed by atoms with E-state index in [0.717, 1.165) is 23.6 Å². The molecule has 0 amide bonds. The molecule has 1 saturated carbocycles. The minimum atomic E-state index is 0.177. The van der Waals surface area contributed by atoms with Gasteiger partial charge in [-0.15, -0.1) is 0 Å². The van der Waals surface area contributed by atoms with Crippen LogP contribution in [0.5, 0.6) is 0 Å². The molecule has 0 aromatic carbocycles. The van der Waals surface area contributed by atoms with Crippen molar-refractivity contribution in [2.75, 3.05) is 0 Å². The number of hydrogen-bond acceptors (Lipinski definition) is 3. The van der Waals surface area contributed by atoms with Crippen LogP contribution in [0.1, 0.15) is 42.9 Å². The molecule has 0 spiro atoms. The third kappa shape index (κ3) is 2.29. The number of aryl methyl sites for hydroxylation is 1. The number of aromatic nitrogens is 2. The maximum Gasteiger partial charge on any atom is 0.131 e. The van der Waals surface area contributed by atoms with Gasteiger partial charge in [0.25, 0.3) is 0 Å². The molecule has 1 aliphatic carbocycles. The largest absolute Gasteiger partial charge is 0.328 e. The molecule has 14 heavy (non-hydrogen) atoms. The van der Waals surface area contributed by atoms with Crippen molar-refractivity contribution >= 4 is 0 Å². The highest BCUT2D eigenvalue weighted by Gasteiger charge is 2.26. The van der Waals surface area contributed by atoms with Crippen molar-refractivity contribution in [3.05, 3.63) is 23.3 Å². The maximum atomic E-state index is 5.76. The molecule has 1 heterocycles. The molecule has 1 atom stereocenters. The predicted molar refractivity (Wildman–Crippen MR) is 56.1 cm³/mol. The van der Waals surface area contributed by atoms with Crippen LogP contribution < -0.4 is 5.73 Å². The number of nitrogens with zero attached hydrogens (tertiary/aromatic N) is 2. The smallest absolute Gasteiger partial charge is 0.131 e. The fourth-order valence-corrected chi connectivity index (χ4v) is 1.62. The van der Waals surface area contributed by atoms with Gasteiger partial charge in [-0.05, 0) is 32.8 Å². The third-order valence-electron chi connectivity index (χ3n) is 2.40. The second-order valence-corrected chi connectivity index (χ2v) is 4.31. The summed E-state index contributed by atoms with van der Waals surface area (Å²) < 4.78 is 0. The molecule has 76 valence electrons. The van der Waals surface area contributed by atoms with Crippen LogP contribution in [-0.2, 0) is 6.42 Å². The lowest BCUT2D eigenvalue weighted by Gasteiger charge is -2.07. The van der Waals surface area contributed by atoms with Gasteiger partial charge in [0.1, 0.15) is 5.82 Å². The summed E-state index contributed by atoms with van der Waals surface area (Å²) in [5.41, 5.74) is 7.92. The molecular formula is C11H17N3. The van der Waals surface area contributed by atoms with Crippen molar-refractivity contribution in [3.63, 3.8) is 0 Å². The molecule has 0 radical (unpaired) electrons. The Morgan fingerprint density at radius 3 is 2.79 bits per heavy atom. The first-order chi connectivity index (χ1) is 6.65. The van der Waals surface area contributed by atoms with Gasteiger partial charge in [-0.25, -0.2) is 9.97 Å². The first-order valence-corrected chi connectivity index (χ1v) is 5.25. The molecule has 1 aromatic heterocycles. The van der Waals surface area contributed by atoms with Crippen molar-refractivity contribution in [1.82, 2.24) is 9.97 Å². The predicted octanol–water partition coefficient (Wildman–Crippen LogP) is 1.55. The van der Waals surface area contributed by atoms with Crippen molar-refractivity contribution in [2.45, 2.75) is 45.1 Å². The van der Waals surface area contributed by atoms with Crippen LogP contribution in [0.3, 0.4) is 0 Å². The van der Waals surface area contributed by atoms with Gasteiger partial charge in [0.2, 0.25) is 0 Å². The van der Waals surface area contributed by atoms with E-state index in [9.17, 15) is 0 Å². The SMILES string of the molecule is Cc1cc(CC(C)N)nc(C2CC2)n1. The first kappa shape index (κ1) is 9.59. The molecule has 3 heteroatoms. The average Bonchev–Trinajstić information content (AvgIpc) is 2.82. The topological polar surface area (TPSA) is 51.8 Å². The van der Waals surface area contributed by atoms with E-state index >= 15 is 0 Å². The normalized spacial score (nSPS) is 18.2. The molecule has 0 aliphatic heterocycles. The quantitative estimate of drug-likeness (QED) is 0.788. The molecule has 1 aromatic rings. The van der Waals surface area contributed by atoms with E-state index in [2.05, 4.69) is 9.97 Å². The van der Waals surface area contributed by atoms with E-state index in [1.807, 2.05) is 19.9 Å². The Labute approximate surface area is 84.8 Å². The Kier molecular flexibility index (Phi) is 2.50. The van der Waals surface area contributed by atoms with Gasteiger partial charge in [0, 0.05) is 29.8 Å². The lowest BCUT2D eigenvalue weighted by atomic mass is 10.1. The lowest BCUT2D eigenvalue weighted by molar-refractivity contribution is 0.709. The first-order valence-electron chi connectivity index (χ1n) is 5.25. The minimum Gasteiger partial charge on any atom is -0.328 e. The molecule has 2 rings (SSSR count). The summed E-state index contributed by atoms with van der Waals surface area (Å²) >= 11 is 0. The average molecular weight is 191 g/mol. The van der Waals surface area contributed by atoms with Crippen molar-refractivity contribution in [1.29, 1.82) is 0 Å². The monoisotopic (exact) mass is 191 g/mol. The van der Waals surface area contributed by atoms with E-state index in [0.29, 0.717) is 5.92 Å². The third-order valence-corrected chi connectivity index (χ3v) is 2.40. The summed E-state index contributed by atoms with van der Waals surface area (Å²) in [7, 11) is 0. The molecule has 1 unspecified atom stereocenters. The summed E-state index contributed by atoms with van der Waals surface area (Å²) in [6, 6.07) is 2.21. The van der Waals surface area contributed by atoms with Gasteiger partial charge < -0.3 is 5.73 Å². The Balaban J connectivity index is 2.22. The minimum absolute atomic E-state index is 0.177. The molecule has 2 N–H and O–H groups in total. The van der Waals surface area contributed by atoms with Crippen LogP contribution >= 0.6 is 0 Å². The van der Waals surface area contributed by atoms with Gasteiger partial charge in [-0.3, -0.25) is 0 Å². The van der Waals surface area contributed by atoms with Crippen LogP contribution in [0.15, 0.2) is 6.07 Å². The Morgan fingerprint density at radius 2 is 2.21 bits per heavy atom. The zero-order valence-electron chi connectivity index (χ0n) is 8.83. The molecular weight excluding hydrogens is 174 g/mol. The highest BCUT2D eigenvalue weighted by atomic mass is 14.9. The van der Waals surface area contributed by atoms with Gasteiger partial charge >= 0.3 is 0 Å². The number of rotatable bonds is 3. The van der Waals surface area contributed by atoms with E-state index in [4.69, 9.17) is 5.73 Å². The van der Waals surface area contributed by atoms with Crippen LogP contribution in [0.2, 0.25) is 0 Å². The molecule has 1 fully saturated rings. The molecule has 1 aliphatic rings. The fourth-order valence-electron chi connectivity index (χ4n) is 1.62. The van der Waals surface area contributed by atoms with Crippen LogP contribution in [0.4, 0.5) is 0 Å². The summed E-state index contributed by atoms with van der Waals surface area (Å²) in [4.78, 5) is 9.00. The summed E-state index contributed by atoms with van der Waals surface area (Å²) in [5, 5.41) is 0. The van der Waals surface area contributed by atoms with Crippen molar-refractivity contribution < 1.29 is 0 Å². The van der Waals surface area contributed by atoms with Gasteiger partial charge in [-0.1, -0.05) is 0 Å². The maximum absolute atomic E-state index is 5.76.